The fraction of sp³-hybridized carbons (Fsp3) is 0.133. The van der Waals surface area contributed by atoms with Gasteiger partial charge in [0.1, 0.15) is 0 Å². The first kappa shape index (κ1) is 13.9. The van der Waals surface area contributed by atoms with Crippen LogP contribution in [0.3, 0.4) is 0 Å². The zero-order valence-corrected chi connectivity index (χ0v) is 12.6. The molecule has 0 aromatic heterocycles. The Kier molecular flexibility index (Phi) is 4.42. The molecule has 0 bridgehead atoms. The van der Waals surface area contributed by atoms with Gasteiger partial charge in [-0.05, 0) is 24.3 Å². The molecule has 0 spiro atoms. The van der Waals surface area contributed by atoms with E-state index in [1.54, 1.807) is 6.92 Å². The molecular weight excluding hydrogens is 355 g/mol. The third-order valence-corrected chi connectivity index (χ3v) is 5.60. The van der Waals surface area contributed by atoms with Gasteiger partial charge in [-0.2, -0.15) is 0 Å². The second-order valence-electron chi connectivity index (χ2n) is 3.96. The summed E-state index contributed by atoms with van der Waals surface area (Å²) in [4.78, 5) is 11.7. The van der Waals surface area contributed by atoms with Crippen molar-refractivity contribution >= 4 is 5.78 Å². The summed E-state index contributed by atoms with van der Waals surface area (Å²) in [6, 6.07) is 12.6. The number of carbonyl (C=O) groups excluding carboxylic acids is 1. The van der Waals surface area contributed by atoms with Gasteiger partial charge in [-0.3, -0.25) is 4.79 Å². The average Bonchev–Trinajstić information content (AvgIpc) is 2.44. The molecule has 0 amide bonds. The van der Waals surface area contributed by atoms with E-state index in [9.17, 15) is 15.0 Å². The lowest BCUT2D eigenvalue weighted by Gasteiger charge is -2.03. The number of aromatic hydroxyl groups is 2. The van der Waals surface area contributed by atoms with Crippen LogP contribution in [0, 0.1) is 7.14 Å². The summed E-state index contributed by atoms with van der Waals surface area (Å²) in [6.45, 7) is 1.75. The molecule has 0 aliphatic rings. The fourth-order valence-corrected chi connectivity index (χ4v) is 4.05. The molecule has 0 fully saturated rings. The van der Waals surface area contributed by atoms with Crippen LogP contribution in [0.4, 0.5) is 0 Å². The Bertz CT molecular complexity index is 594. The van der Waals surface area contributed by atoms with Crippen LogP contribution in [-0.4, -0.2) is 16.0 Å². The van der Waals surface area contributed by atoms with Gasteiger partial charge in [0, 0.05) is 6.42 Å². The SMILES string of the molecule is CCC(=O)c1ccc(O)c([I+]c2ccccc2)c1O. The third-order valence-electron chi connectivity index (χ3n) is 2.65. The van der Waals surface area contributed by atoms with E-state index >= 15 is 0 Å². The van der Waals surface area contributed by atoms with E-state index in [-0.39, 0.29) is 17.3 Å². The molecule has 0 aliphatic heterocycles. The van der Waals surface area contributed by atoms with Gasteiger partial charge in [-0.25, -0.2) is 0 Å². The summed E-state index contributed by atoms with van der Waals surface area (Å²) >= 11 is -0.715. The van der Waals surface area contributed by atoms with Gasteiger partial charge in [-0.1, -0.05) is 25.1 Å². The molecule has 0 saturated heterocycles. The molecule has 2 rings (SSSR count). The highest BCUT2D eigenvalue weighted by Crippen LogP contribution is 2.24. The number of benzene rings is 2. The highest BCUT2D eigenvalue weighted by molar-refractivity contribution is 5.98. The van der Waals surface area contributed by atoms with E-state index in [0.29, 0.717) is 15.6 Å². The quantitative estimate of drug-likeness (QED) is 0.581. The number of hydrogen-bond acceptors (Lipinski definition) is 3. The number of Topliss-reactive ketones (excluding diaryl/α,β-unsaturated/α-hetero) is 1. The maximum Gasteiger partial charge on any atom is 0.366 e. The van der Waals surface area contributed by atoms with Gasteiger partial charge in [0.05, 0.1) is 5.56 Å². The summed E-state index contributed by atoms with van der Waals surface area (Å²) in [5.74, 6) is -0.124. The fourth-order valence-electron chi connectivity index (χ4n) is 1.65. The Labute approximate surface area is 122 Å². The lowest BCUT2D eigenvalue weighted by atomic mass is 10.1. The first-order chi connectivity index (χ1) is 9.13. The van der Waals surface area contributed by atoms with Gasteiger partial charge < -0.3 is 10.2 Å². The van der Waals surface area contributed by atoms with Crippen molar-refractivity contribution in [3.8, 4) is 11.5 Å². The molecule has 0 heterocycles. The van der Waals surface area contributed by atoms with Crippen molar-refractivity contribution in [3.63, 3.8) is 0 Å². The molecule has 19 heavy (non-hydrogen) atoms. The Hall–Kier alpha value is -1.56. The van der Waals surface area contributed by atoms with Crippen LogP contribution in [-0.2, 0) is 0 Å². The van der Waals surface area contributed by atoms with Gasteiger partial charge in [0.15, 0.2) is 20.9 Å². The van der Waals surface area contributed by atoms with E-state index in [0.717, 1.165) is 3.57 Å². The minimum absolute atomic E-state index is 0.0572. The maximum absolute atomic E-state index is 11.7. The van der Waals surface area contributed by atoms with E-state index in [1.807, 2.05) is 30.3 Å². The molecule has 0 aliphatic carbocycles. The smallest absolute Gasteiger partial charge is 0.366 e. The lowest BCUT2D eigenvalue weighted by molar-refractivity contribution is -0.599. The Morgan fingerprint density at radius 3 is 2.42 bits per heavy atom. The second-order valence-corrected chi connectivity index (χ2v) is 6.83. The predicted molar refractivity (Wildman–Crippen MR) is 68.2 cm³/mol. The van der Waals surface area contributed by atoms with Crippen molar-refractivity contribution in [3.05, 3.63) is 55.2 Å². The van der Waals surface area contributed by atoms with Crippen LogP contribution < -0.4 is 21.2 Å². The molecule has 2 aromatic rings. The van der Waals surface area contributed by atoms with Crippen molar-refractivity contribution in [2.24, 2.45) is 0 Å². The first-order valence-corrected chi connectivity index (χ1v) is 8.07. The van der Waals surface area contributed by atoms with Crippen molar-refractivity contribution in [1.82, 2.24) is 0 Å². The summed E-state index contributed by atoms with van der Waals surface area (Å²) in [5, 5.41) is 20.1. The first-order valence-electron chi connectivity index (χ1n) is 5.91. The summed E-state index contributed by atoms with van der Waals surface area (Å²) in [5.41, 5.74) is 0.297. The molecule has 0 radical (unpaired) electrons. The van der Waals surface area contributed by atoms with Crippen LogP contribution in [0.5, 0.6) is 11.5 Å². The van der Waals surface area contributed by atoms with Crippen molar-refractivity contribution in [2.75, 3.05) is 0 Å². The highest BCUT2D eigenvalue weighted by Gasteiger charge is 2.28. The van der Waals surface area contributed by atoms with Gasteiger partial charge in [0.25, 0.3) is 3.57 Å². The molecular formula is C15H14IO3+. The standard InChI is InChI=1S/C15H13IO3/c1-2-12(17)11-8-9-13(18)14(15(11)19)16-10-6-4-3-5-7-10/h3-9H,2H2,1H3,(H-,17,18,19)/p+1. The Balaban J connectivity index is 2.42. The number of phenols is 2. The van der Waals surface area contributed by atoms with Crippen molar-refractivity contribution < 1.29 is 36.2 Å². The largest absolute Gasteiger partial charge is 0.504 e. The molecule has 2 aromatic carbocycles. The number of rotatable bonds is 4. The van der Waals surface area contributed by atoms with E-state index < -0.39 is 21.2 Å². The Morgan fingerprint density at radius 2 is 1.79 bits per heavy atom. The van der Waals surface area contributed by atoms with Gasteiger partial charge >= 0.3 is 21.2 Å². The van der Waals surface area contributed by atoms with Crippen LogP contribution >= 0.6 is 0 Å². The number of ketones is 1. The second kappa shape index (κ2) is 6.06. The number of phenolic OH excluding ortho intramolecular Hbond substituents is 2. The van der Waals surface area contributed by atoms with Crippen LogP contribution in [0.2, 0.25) is 0 Å². The molecule has 0 saturated carbocycles. The van der Waals surface area contributed by atoms with E-state index in [4.69, 9.17) is 0 Å². The zero-order valence-electron chi connectivity index (χ0n) is 10.4. The normalized spacial score (nSPS) is 10.4. The third kappa shape index (κ3) is 3.07. The highest BCUT2D eigenvalue weighted by atomic mass is 127. The molecule has 4 heteroatoms. The molecule has 2 N–H and O–H groups in total. The van der Waals surface area contributed by atoms with Crippen LogP contribution in [0.1, 0.15) is 23.7 Å². The topological polar surface area (TPSA) is 57.5 Å². The van der Waals surface area contributed by atoms with Gasteiger partial charge in [-0.15, -0.1) is 0 Å². The average molecular weight is 369 g/mol. The maximum atomic E-state index is 11.7. The zero-order chi connectivity index (χ0) is 13.8. The Morgan fingerprint density at radius 1 is 1.11 bits per heavy atom. The minimum atomic E-state index is -0.715. The van der Waals surface area contributed by atoms with Crippen molar-refractivity contribution in [2.45, 2.75) is 13.3 Å². The molecule has 0 atom stereocenters. The number of carbonyl (C=O) groups is 1. The van der Waals surface area contributed by atoms with Gasteiger partial charge in [0.2, 0.25) is 0 Å². The summed E-state index contributed by atoms with van der Waals surface area (Å²) in [6.07, 6.45) is 0.335. The van der Waals surface area contributed by atoms with E-state index in [1.165, 1.54) is 12.1 Å². The summed E-state index contributed by atoms with van der Waals surface area (Å²) in [7, 11) is 0. The lowest BCUT2D eigenvalue weighted by Crippen LogP contribution is -3.61. The number of hydrogen-bond donors (Lipinski definition) is 2. The molecule has 0 unspecified atom stereocenters. The summed E-state index contributed by atoms with van der Waals surface area (Å²) < 4.78 is 1.58. The van der Waals surface area contributed by atoms with Crippen molar-refractivity contribution in [1.29, 1.82) is 0 Å². The molecule has 98 valence electrons. The predicted octanol–water partition coefficient (Wildman–Crippen LogP) is -0.181. The number of halogens is 1. The van der Waals surface area contributed by atoms with E-state index in [2.05, 4.69) is 0 Å². The monoisotopic (exact) mass is 369 g/mol. The minimum Gasteiger partial charge on any atom is -0.504 e. The van der Waals surface area contributed by atoms with Crippen LogP contribution in [0.25, 0.3) is 0 Å². The molecule has 3 nitrogen and oxygen atoms in total. The van der Waals surface area contributed by atoms with Crippen LogP contribution in [0.15, 0.2) is 42.5 Å².